The first kappa shape index (κ1) is 30.4. The molecule has 5 heteroatoms. The topological polar surface area (TPSA) is 51.8 Å². The molecule has 246 valence electrons. The minimum absolute atomic E-state index is 0.615. The van der Waals surface area contributed by atoms with Crippen LogP contribution < -0.4 is 10.4 Å². The van der Waals surface area contributed by atoms with Crippen LogP contribution >= 0.6 is 0 Å². The maximum atomic E-state index is 6.52. The van der Waals surface area contributed by atoms with Gasteiger partial charge in [-0.1, -0.05) is 165 Å². The standard InChI is InChI=1S/C47H33N3OSi/c1-52(2)39-28-14-23-34(31-18-8-4-9-19-31)43(39)44-36(25-15-29-40(44)52)47-49-45(32-20-10-5-11-21-32)48-46(50-47)35-24-13-27-38-42(35)41-33(22-12-26-37(41)51-38)30-16-6-3-7-17-30/h3-29H,1-2H3. The van der Waals surface area contributed by atoms with Crippen LogP contribution in [-0.2, 0) is 0 Å². The molecule has 9 aromatic rings. The van der Waals surface area contributed by atoms with Gasteiger partial charge in [-0.15, -0.1) is 0 Å². The maximum absolute atomic E-state index is 6.52. The van der Waals surface area contributed by atoms with E-state index in [1.54, 1.807) is 0 Å². The van der Waals surface area contributed by atoms with Gasteiger partial charge in [-0.25, -0.2) is 15.0 Å². The van der Waals surface area contributed by atoms with E-state index in [0.29, 0.717) is 17.5 Å². The maximum Gasteiger partial charge on any atom is 0.164 e. The van der Waals surface area contributed by atoms with Crippen molar-refractivity contribution in [3.8, 4) is 67.5 Å². The molecule has 52 heavy (non-hydrogen) atoms. The Kier molecular flexibility index (Phi) is 6.91. The van der Waals surface area contributed by atoms with Crippen LogP contribution in [0.15, 0.2) is 168 Å². The number of rotatable bonds is 5. The van der Waals surface area contributed by atoms with Gasteiger partial charge in [-0.05, 0) is 55.9 Å². The molecule has 0 saturated carbocycles. The molecule has 3 heterocycles. The summed E-state index contributed by atoms with van der Waals surface area (Å²) < 4.78 is 6.52. The number of nitrogens with zero attached hydrogens (tertiary/aromatic N) is 3. The number of fused-ring (bicyclic) bond motifs is 6. The lowest BCUT2D eigenvalue weighted by Crippen LogP contribution is -2.49. The highest BCUT2D eigenvalue weighted by Gasteiger charge is 2.40. The lowest BCUT2D eigenvalue weighted by Gasteiger charge is -2.19. The number of furan rings is 1. The van der Waals surface area contributed by atoms with Crippen molar-refractivity contribution < 1.29 is 4.42 Å². The number of aromatic nitrogens is 3. The first-order valence-corrected chi connectivity index (χ1v) is 20.7. The molecule has 0 saturated heterocycles. The van der Waals surface area contributed by atoms with E-state index < -0.39 is 8.07 Å². The third-order valence-corrected chi connectivity index (χ3v) is 14.1. The Hall–Kier alpha value is -6.43. The fourth-order valence-corrected chi connectivity index (χ4v) is 11.2. The molecule has 2 aromatic heterocycles. The van der Waals surface area contributed by atoms with Crippen molar-refractivity contribution in [2.24, 2.45) is 0 Å². The molecule has 7 aromatic carbocycles. The second-order valence-electron chi connectivity index (χ2n) is 13.9. The Bertz CT molecular complexity index is 2810. The summed E-state index contributed by atoms with van der Waals surface area (Å²) in [5, 5.41) is 4.90. The SMILES string of the molecule is C[Si]1(C)c2cccc(-c3ccccc3)c2-c2c(-c3nc(-c4ccccc4)nc(-c4cccc5oc6cccc(-c7ccccc7)c6c45)n3)cccc21. The summed E-state index contributed by atoms with van der Waals surface area (Å²) in [6.45, 7) is 4.92. The average molecular weight is 684 g/mol. The average Bonchev–Trinajstić information content (AvgIpc) is 3.71. The van der Waals surface area contributed by atoms with E-state index in [1.165, 1.54) is 32.6 Å². The van der Waals surface area contributed by atoms with Gasteiger partial charge in [-0.3, -0.25) is 0 Å². The molecule has 0 atom stereocenters. The summed E-state index contributed by atoms with van der Waals surface area (Å²) in [6.07, 6.45) is 0. The van der Waals surface area contributed by atoms with Gasteiger partial charge in [0.05, 0.1) is 0 Å². The van der Waals surface area contributed by atoms with Crippen LogP contribution in [0, 0.1) is 0 Å². The molecule has 0 amide bonds. The highest BCUT2D eigenvalue weighted by molar-refractivity contribution is 7.04. The molecule has 0 radical (unpaired) electrons. The molecular formula is C47H33N3OSi. The molecule has 1 aliphatic rings. The van der Waals surface area contributed by atoms with Gasteiger partial charge in [0.15, 0.2) is 17.5 Å². The quantitative estimate of drug-likeness (QED) is 0.169. The summed E-state index contributed by atoms with van der Waals surface area (Å²) >= 11 is 0. The molecule has 4 nitrogen and oxygen atoms in total. The van der Waals surface area contributed by atoms with Crippen LogP contribution in [0.25, 0.3) is 89.5 Å². The van der Waals surface area contributed by atoms with Crippen LogP contribution in [0.3, 0.4) is 0 Å². The fourth-order valence-electron chi connectivity index (χ4n) is 8.12. The van der Waals surface area contributed by atoms with Gasteiger partial charge < -0.3 is 4.42 Å². The van der Waals surface area contributed by atoms with Gasteiger partial charge in [-0.2, -0.15) is 0 Å². The normalized spacial score (nSPS) is 13.0. The van der Waals surface area contributed by atoms with Crippen molar-refractivity contribution in [1.29, 1.82) is 0 Å². The molecule has 0 aliphatic carbocycles. The van der Waals surface area contributed by atoms with Crippen LogP contribution in [0.4, 0.5) is 0 Å². The molecule has 1 aliphatic heterocycles. The van der Waals surface area contributed by atoms with Crippen molar-refractivity contribution in [2.75, 3.05) is 0 Å². The van der Waals surface area contributed by atoms with E-state index in [9.17, 15) is 0 Å². The highest BCUT2D eigenvalue weighted by atomic mass is 28.3. The van der Waals surface area contributed by atoms with Crippen molar-refractivity contribution in [1.82, 2.24) is 15.0 Å². The van der Waals surface area contributed by atoms with E-state index in [1.807, 2.05) is 42.5 Å². The first-order valence-electron chi connectivity index (χ1n) is 17.7. The van der Waals surface area contributed by atoms with Crippen molar-refractivity contribution in [3.63, 3.8) is 0 Å². The van der Waals surface area contributed by atoms with Gasteiger partial charge >= 0.3 is 0 Å². The second-order valence-corrected chi connectivity index (χ2v) is 18.3. The largest absolute Gasteiger partial charge is 0.456 e. The third kappa shape index (κ3) is 4.70. The van der Waals surface area contributed by atoms with E-state index >= 15 is 0 Å². The lowest BCUT2D eigenvalue weighted by molar-refractivity contribution is 0.669. The summed E-state index contributed by atoms with van der Waals surface area (Å²) in [4.78, 5) is 15.9. The molecule has 0 unspecified atom stereocenters. The smallest absolute Gasteiger partial charge is 0.164 e. The Labute approximate surface area is 303 Å². The molecule has 0 N–H and O–H groups in total. The van der Waals surface area contributed by atoms with Crippen LogP contribution in [0.2, 0.25) is 13.1 Å². The number of hydrogen-bond donors (Lipinski definition) is 0. The van der Waals surface area contributed by atoms with Crippen molar-refractivity contribution in [2.45, 2.75) is 13.1 Å². The second kappa shape index (κ2) is 11.8. The summed E-state index contributed by atoms with van der Waals surface area (Å²) in [7, 11) is -2.04. The number of hydrogen-bond acceptors (Lipinski definition) is 4. The molecular weight excluding hydrogens is 651 g/mol. The molecule has 0 fully saturated rings. The van der Waals surface area contributed by atoms with Crippen molar-refractivity contribution in [3.05, 3.63) is 164 Å². The van der Waals surface area contributed by atoms with Gasteiger partial charge in [0, 0.05) is 27.5 Å². The van der Waals surface area contributed by atoms with Crippen LogP contribution in [-0.4, -0.2) is 23.0 Å². The fraction of sp³-hybridized carbons (Fsp3) is 0.0426. The van der Waals surface area contributed by atoms with Gasteiger partial charge in [0.2, 0.25) is 0 Å². The van der Waals surface area contributed by atoms with Gasteiger partial charge in [0.25, 0.3) is 0 Å². The summed E-state index contributed by atoms with van der Waals surface area (Å²) in [6, 6.07) is 57.4. The number of benzene rings is 7. The molecule has 10 rings (SSSR count). The molecule has 0 bridgehead atoms. The van der Waals surface area contributed by atoms with E-state index in [2.05, 4.69) is 134 Å². The first-order chi connectivity index (χ1) is 25.6. The zero-order valence-corrected chi connectivity index (χ0v) is 29.8. The zero-order valence-electron chi connectivity index (χ0n) is 28.8. The third-order valence-electron chi connectivity index (χ3n) is 10.6. The minimum Gasteiger partial charge on any atom is -0.456 e. The van der Waals surface area contributed by atoms with Crippen molar-refractivity contribution >= 4 is 40.4 Å². The highest BCUT2D eigenvalue weighted by Crippen LogP contribution is 2.44. The predicted molar refractivity (Wildman–Crippen MR) is 216 cm³/mol. The predicted octanol–water partition coefficient (Wildman–Crippen LogP) is 10.9. The Balaban J connectivity index is 1.27. The lowest BCUT2D eigenvalue weighted by atomic mass is 9.91. The Morgan fingerprint density at radius 1 is 0.365 bits per heavy atom. The Morgan fingerprint density at radius 3 is 1.40 bits per heavy atom. The molecule has 0 spiro atoms. The minimum atomic E-state index is -2.04. The van der Waals surface area contributed by atoms with E-state index in [0.717, 1.165) is 49.8 Å². The van der Waals surface area contributed by atoms with Gasteiger partial charge in [0.1, 0.15) is 19.2 Å². The monoisotopic (exact) mass is 683 g/mol. The summed E-state index contributed by atoms with van der Waals surface area (Å²) in [5.74, 6) is 1.91. The van der Waals surface area contributed by atoms with E-state index in [-0.39, 0.29) is 0 Å². The Morgan fingerprint density at radius 2 is 0.788 bits per heavy atom. The zero-order chi connectivity index (χ0) is 34.8. The van der Waals surface area contributed by atoms with Crippen LogP contribution in [0.5, 0.6) is 0 Å². The van der Waals surface area contributed by atoms with Crippen LogP contribution in [0.1, 0.15) is 0 Å². The van der Waals surface area contributed by atoms with E-state index in [4.69, 9.17) is 19.4 Å². The summed E-state index contributed by atoms with van der Waals surface area (Å²) in [5.41, 5.74) is 11.7.